The van der Waals surface area contributed by atoms with Gasteiger partial charge in [-0.15, -0.1) is 16.4 Å². The summed E-state index contributed by atoms with van der Waals surface area (Å²) in [5, 5.41) is 11.2. The average molecular weight is 351 g/mol. The number of nitrogens with zero attached hydrogens (tertiary/aromatic N) is 5. The summed E-state index contributed by atoms with van der Waals surface area (Å²) in [6.07, 6.45) is 4.49. The lowest BCUT2D eigenvalue weighted by molar-refractivity contribution is 0.0493. The van der Waals surface area contributed by atoms with Gasteiger partial charge >= 0.3 is 0 Å². The normalized spacial score (nSPS) is 17.5. The van der Waals surface area contributed by atoms with E-state index in [1.807, 2.05) is 51.5 Å². The Morgan fingerprint density at radius 1 is 1.16 bits per heavy atom. The summed E-state index contributed by atoms with van der Waals surface area (Å²) in [6.45, 7) is 1.34. The Balaban J connectivity index is 1.24. The van der Waals surface area contributed by atoms with E-state index in [2.05, 4.69) is 15.3 Å². The van der Waals surface area contributed by atoms with Gasteiger partial charge in [-0.05, 0) is 12.8 Å². The first-order valence-corrected chi connectivity index (χ1v) is 9.38. The number of carbonyl (C=O) groups is 1. The van der Waals surface area contributed by atoms with Crippen molar-refractivity contribution in [1.29, 1.82) is 0 Å². The smallest absolute Gasteiger partial charge is 0.273 e. The first-order valence-electron chi connectivity index (χ1n) is 8.50. The standard InChI is InChI=1S/C18H17N5OS/c24-18(16-11-25-17(19-16)13-4-2-1-3-5-13)22-8-14(9-22)23-10-15(20-21-23)12-6-7-12/h1-5,10-12,14H,6-9H2. The Morgan fingerprint density at radius 2 is 1.96 bits per heavy atom. The van der Waals surface area contributed by atoms with Gasteiger partial charge in [0.2, 0.25) is 0 Å². The van der Waals surface area contributed by atoms with E-state index in [-0.39, 0.29) is 11.9 Å². The van der Waals surface area contributed by atoms with Crippen molar-refractivity contribution in [3.8, 4) is 10.6 Å². The van der Waals surface area contributed by atoms with Crippen LogP contribution in [0.25, 0.3) is 10.6 Å². The fraction of sp³-hybridized carbons (Fsp3) is 0.333. The maximum Gasteiger partial charge on any atom is 0.273 e. The number of hydrogen-bond acceptors (Lipinski definition) is 5. The maximum atomic E-state index is 12.6. The van der Waals surface area contributed by atoms with Crippen LogP contribution < -0.4 is 0 Å². The van der Waals surface area contributed by atoms with Crippen LogP contribution in [0.3, 0.4) is 0 Å². The number of thiazole rings is 1. The molecule has 0 spiro atoms. The van der Waals surface area contributed by atoms with Gasteiger partial charge < -0.3 is 4.90 Å². The summed E-state index contributed by atoms with van der Waals surface area (Å²) in [5.74, 6) is 0.607. The summed E-state index contributed by atoms with van der Waals surface area (Å²) in [7, 11) is 0. The molecule has 1 saturated heterocycles. The Morgan fingerprint density at radius 3 is 2.72 bits per heavy atom. The Bertz CT molecular complexity index is 908. The summed E-state index contributed by atoms with van der Waals surface area (Å²) < 4.78 is 1.91. The first kappa shape index (κ1) is 14.8. The zero-order chi connectivity index (χ0) is 16.8. The largest absolute Gasteiger partial charge is 0.333 e. The molecule has 126 valence electrons. The molecule has 3 heterocycles. The molecule has 0 N–H and O–H groups in total. The number of carbonyl (C=O) groups excluding carboxylic acids is 1. The van der Waals surface area contributed by atoms with Gasteiger partial charge in [-0.25, -0.2) is 9.67 Å². The monoisotopic (exact) mass is 351 g/mol. The lowest BCUT2D eigenvalue weighted by Gasteiger charge is -2.38. The first-order chi connectivity index (χ1) is 12.3. The second-order valence-electron chi connectivity index (χ2n) is 6.67. The fourth-order valence-corrected chi connectivity index (χ4v) is 3.87. The predicted molar refractivity (Wildman–Crippen MR) is 94.5 cm³/mol. The van der Waals surface area contributed by atoms with E-state index in [1.54, 1.807) is 0 Å². The van der Waals surface area contributed by atoms with Crippen molar-refractivity contribution in [3.63, 3.8) is 0 Å². The van der Waals surface area contributed by atoms with Crippen LogP contribution in [-0.2, 0) is 0 Å². The molecular formula is C18H17N5OS. The topological polar surface area (TPSA) is 63.9 Å². The highest BCUT2D eigenvalue weighted by molar-refractivity contribution is 7.13. The molecule has 0 atom stereocenters. The zero-order valence-electron chi connectivity index (χ0n) is 13.6. The summed E-state index contributed by atoms with van der Waals surface area (Å²) in [6, 6.07) is 10.2. The van der Waals surface area contributed by atoms with Crippen molar-refractivity contribution in [2.75, 3.05) is 13.1 Å². The van der Waals surface area contributed by atoms with E-state index in [4.69, 9.17) is 0 Å². The lowest BCUT2D eigenvalue weighted by atomic mass is 10.1. The van der Waals surface area contributed by atoms with Crippen LogP contribution in [0.5, 0.6) is 0 Å². The van der Waals surface area contributed by atoms with Crippen LogP contribution >= 0.6 is 11.3 Å². The molecular weight excluding hydrogens is 334 g/mol. The highest BCUT2D eigenvalue weighted by Gasteiger charge is 2.35. The van der Waals surface area contributed by atoms with Crippen LogP contribution in [0.4, 0.5) is 0 Å². The predicted octanol–water partition coefficient (Wildman–Crippen LogP) is 2.98. The molecule has 25 heavy (non-hydrogen) atoms. The number of rotatable bonds is 4. The highest BCUT2D eigenvalue weighted by atomic mass is 32.1. The maximum absolute atomic E-state index is 12.6. The molecule has 7 heteroatoms. The van der Waals surface area contributed by atoms with Crippen molar-refractivity contribution in [3.05, 3.63) is 53.3 Å². The third kappa shape index (κ3) is 2.74. The molecule has 2 fully saturated rings. The molecule has 5 rings (SSSR count). The number of amides is 1. The van der Waals surface area contributed by atoms with Crippen LogP contribution in [0.2, 0.25) is 0 Å². The Hall–Kier alpha value is -2.54. The van der Waals surface area contributed by atoms with Crippen molar-refractivity contribution in [2.45, 2.75) is 24.8 Å². The number of likely N-dealkylation sites (tertiary alicyclic amines) is 1. The van der Waals surface area contributed by atoms with Crippen molar-refractivity contribution < 1.29 is 4.79 Å². The van der Waals surface area contributed by atoms with Gasteiger partial charge in [0.25, 0.3) is 5.91 Å². The van der Waals surface area contributed by atoms with Gasteiger partial charge in [0.05, 0.1) is 11.7 Å². The molecule has 0 unspecified atom stereocenters. The van der Waals surface area contributed by atoms with Crippen LogP contribution in [0, 0.1) is 0 Å². The number of aromatic nitrogens is 4. The van der Waals surface area contributed by atoms with Gasteiger partial charge in [0.15, 0.2) is 0 Å². The second-order valence-corrected chi connectivity index (χ2v) is 7.52. The van der Waals surface area contributed by atoms with E-state index in [1.165, 1.54) is 24.2 Å². The van der Waals surface area contributed by atoms with Gasteiger partial charge in [-0.1, -0.05) is 35.5 Å². The minimum atomic E-state index is -0.00258. The highest BCUT2D eigenvalue weighted by Crippen LogP contribution is 2.39. The summed E-state index contributed by atoms with van der Waals surface area (Å²) >= 11 is 1.51. The number of benzene rings is 1. The molecule has 1 amide bonds. The molecule has 3 aromatic rings. The van der Waals surface area contributed by atoms with Crippen LogP contribution in [0.1, 0.15) is 41.0 Å². The zero-order valence-corrected chi connectivity index (χ0v) is 14.4. The Kier molecular flexibility index (Phi) is 3.41. The van der Waals surface area contributed by atoms with Gasteiger partial charge in [0, 0.05) is 36.1 Å². The molecule has 2 aromatic heterocycles. The molecule has 0 radical (unpaired) electrons. The summed E-state index contributed by atoms with van der Waals surface area (Å²) in [5.41, 5.74) is 2.67. The van der Waals surface area contributed by atoms with Crippen LogP contribution in [-0.4, -0.2) is 43.9 Å². The summed E-state index contributed by atoms with van der Waals surface area (Å²) in [4.78, 5) is 18.9. The fourth-order valence-electron chi connectivity index (χ4n) is 3.07. The van der Waals surface area contributed by atoms with Crippen molar-refractivity contribution >= 4 is 17.2 Å². The Labute approximate surface area is 149 Å². The molecule has 2 aliphatic rings. The third-order valence-corrected chi connectivity index (χ3v) is 5.68. The molecule has 1 aliphatic heterocycles. The second kappa shape index (κ2) is 5.77. The average Bonchev–Trinajstić information content (AvgIpc) is 3.14. The van der Waals surface area contributed by atoms with E-state index in [0.29, 0.717) is 24.7 Å². The van der Waals surface area contributed by atoms with E-state index in [9.17, 15) is 4.79 Å². The van der Waals surface area contributed by atoms with Crippen LogP contribution in [0.15, 0.2) is 41.9 Å². The molecule has 0 bridgehead atoms. The molecule has 1 saturated carbocycles. The van der Waals surface area contributed by atoms with E-state index in [0.717, 1.165) is 16.3 Å². The lowest BCUT2D eigenvalue weighted by Crippen LogP contribution is -2.51. The third-order valence-electron chi connectivity index (χ3n) is 4.79. The SMILES string of the molecule is O=C(c1csc(-c2ccccc2)n1)N1CC(n2cc(C3CC3)nn2)C1. The van der Waals surface area contributed by atoms with E-state index < -0.39 is 0 Å². The molecule has 6 nitrogen and oxygen atoms in total. The minimum absolute atomic E-state index is 0.00258. The van der Waals surface area contributed by atoms with Gasteiger partial charge in [-0.3, -0.25) is 4.79 Å². The van der Waals surface area contributed by atoms with Crippen molar-refractivity contribution in [2.24, 2.45) is 0 Å². The van der Waals surface area contributed by atoms with E-state index >= 15 is 0 Å². The quantitative estimate of drug-likeness (QED) is 0.725. The molecule has 1 aliphatic carbocycles. The minimum Gasteiger partial charge on any atom is -0.333 e. The molecule has 1 aromatic carbocycles. The number of hydrogen-bond donors (Lipinski definition) is 0. The van der Waals surface area contributed by atoms with Gasteiger partial charge in [-0.2, -0.15) is 0 Å². The van der Waals surface area contributed by atoms with Gasteiger partial charge in [0.1, 0.15) is 10.7 Å². The van der Waals surface area contributed by atoms with Crippen molar-refractivity contribution in [1.82, 2.24) is 24.9 Å².